The summed E-state index contributed by atoms with van der Waals surface area (Å²) in [5.74, 6) is -1.82. The smallest absolute Gasteiger partial charge is 0.314 e. The molecule has 0 aromatic heterocycles. The minimum atomic E-state index is -0.656. The highest BCUT2D eigenvalue weighted by Gasteiger charge is 2.26. The molecule has 0 spiro atoms. The Morgan fingerprint density at radius 1 is 1.15 bits per heavy atom. The number of para-hydroxylation sites is 2. The molecule has 0 unspecified atom stereocenters. The number of hydrogen-bond donors (Lipinski definition) is 1. The molecular weight excluding hydrogens is 372 g/mol. The van der Waals surface area contributed by atoms with Crippen molar-refractivity contribution >= 4 is 34.9 Å². The number of nitro benzene ring substituents is 1. The summed E-state index contributed by atoms with van der Waals surface area (Å²) in [6, 6.07) is 12.6. The average molecular weight is 391 g/mol. The highest BCUT2D eigenvalue weighted by atomic mass is 35.5. The van der Waals surface area contributed by atoms with Crippen molar-refractivity contribution in [2.24, 2.45) is 5.92 Å². The molecule has 0 aliphatic heterocycles. The molecule has 1 amide bonds. The fraction of sp³-hybridized carbons (Fsp3) is 0.263. The molecule has 142 valence electrons. The number of nitrogens with one attached hydrogen (secondary N) is 1. The SMILES string of the molecule is CC(C)[C@@H](C(=O)OCC(=O)Nc1ccccc1[N+](=O)[O-])c1ccc(Cl)cc1. The Morgan fingerprint density at radius 3 is 2.37 bits per heavy atom. The Morgan fingerprint density at radius 2 is 1.78 bits per heavy atom. The van der Waals surface area contributed by atoms with Crippen LogP contribution in [0.3, 0.4) is 0 Å². The van der Waals surface area contributed by atoms with Crippen molar-refractivity contribution in [2.75, 3.05) is 11.9 Å². The summed E-state index contributed by atoms with van der Waals surface area (Å²) in [5.41, 5.74) is 0.540. The van der Waals surface area contributed by atoms with Gasteiger partial charge in [-0.25, -0.2) is 0 Å². The summed E-state index contributed by atoms with van der Waals surface area (Å²) in [7, 11) is 0. The standard InChI is InChI=1S/C19H19ClN2O5/c1-12(2)18(13-7-9-14(20)10-8-13)19(24)27-11-17(23)21-15-5-3-4-6-16(15)22(25)26/h3-10,12,18H,11H2,1-2H3,(H,21,23)/t18-/m1/s1. The van der Waals surface area contributed by atoms with Crippen molar-refractivity contribution in [3.05, 3.63) is 69.2 Å². The molecule has 27 heavy (non-hydrogen) atoms. The third-order valence-electron chi connectivity index (χ3n) is 3.87. The Balaban J connectivity index is 2.02. The topological polar surface area (TPSA) is 98.5 Å². The van der Waals surface area contributed by atoms with E-state index in [1.807, 2.05) is 13.8 Å². The summed E-state index contributed by atoms with van der Waals surface area (Å²) < 4.78 is 5.13. The lowest BCUT2D eigenvalue weighted by Gasteiger charge is -2.19. The maximum absolute atomic E-state index is 12.5. The summed E-state index contributed by atoms with van der Waals surface area (Å²) in [6.07, 6.45) is 0. The first-order chi connectivity index (χ1) is 12.8. The predicted molar refractivity (Wildman–Crippen MR) is 102 cm³/mol. The number of benzene rings is 2. The molecule has 2 aromatic rings. The summed E-state index contributed by atoms with van der Waals surface area (Å²) in [4.78, 5) is 34.9. The number of hydrogen-bond acceptors (Lipinski definition) is 5. The number of amides is 1. The molecular formula is C19H19ClN2O5. The number of halogens is 1. The number of carbonyl (C=O) groups excluding carboxylic acids is 2. The van der Waals surface area contributed by atoms with Gasteiger partial charge in [-0.1, -0.05) is 49.7 Å². The van der Waals surface area contributed by atoms with E-state index in [0.29, 0.717) is 5.02 Å². The van der Waals surface area contributed by atoms with Crippen LogP contribution in [0.2, 0.25) is 5.02 Å². The lowest BCUT2D eigenvalue weighted by Crippen LogP contribution is -2.26. The van der Waals surface area contributed by atoms with Gasteiger partial charge >= 0.3 is 5.97 Å². The van der Waals surface area contributed by atoms with Crippen LogP contribution in [0.5, 0.6) is 0 Å². The van der Waals surface area contributed by atoms with Crippen LogP contribution in [0.25, 0.3) is 0 Å². The lowest BCUT2D eigenvalue weighted by atomic mass is 9.88. The zero-order chi connectivity index (χ0) is 20.0. The third-order valence-corrected chi connectivity index (χ3v) is 4.12. The van der Waals surface area contributed by atoms with E-state index in [1.165, 1.54) is 18.2 Å². The van der Waals surface area contributed by atoms with Crippen LogP contribution in [-0.2, 0) is 14.3 Å². The molecule has 2 rings (SSSR count). The lowest BCUT2D eigenvalue weighted by molar-refractivity contribution is -0.383. The second kappa shape index (κ2) is 9.14. The van der Waals surface area contributed by atoms with Crippen LogP contribution in [0, 0.1) is 16.0 Å². The fourth-order valence-corrected chi connectivity index (χ4v) is 2.74. The third kappa shape index (κ3) is 5.52. The van der Waals surface area contributed by atoms with Crippen LogP contribution in [-0.4, -0.2) is 23.4 Å². The van der Waals surface area contributed by atoms with Gasteiger partial charge in [0.05, 0.1) is 10.8 Å². The molecule has 0 bridgehead atoms. The first-order valence-corrected chi connectivity index (χ1v) is 8.62. The Bertz CT molecular complexity index is 836. The number of carbonyl (C=O) groups is 2. The molecule has 0 saturated heterocycles. The number of ether oxygens (including phenoxy) is 1. The maximum atomic E-state index is 12.5. The van der Waals surface area contributed by atoms with Crippen molar-refractivity contribution in [1.82, 2.24) is 0 Å². The fourth-order valence-electron chi connectivity index (χ4n) is 2.61. The number of rotatable bonds is 7. The Labute approximate surface area is 161 Å². The summed E-state index contributed by atoms with van der Waals surface area (Å²) in [5, 5.41) is 13.9. The minimum Gasteiger partial charge on any atom is -0.455 e. The number of esters is 1. The van der Waals surface area contributed by atoms with Gasteiger partial charge in [0.15, 0.2) is 6.61 Å². The van der Waals surface area contributed by atoms with E-state index < -0.39 is 29.3 Å². The van der Waals surface area contributed by atoms with Crippen molar-refractivity contribution in [1.29, 1.82) is 0 Å². The molecule has 2 aromatic carbocycles. The average Bonchev–Trinajstić information content (AvgIpc) is 2.62. The molecule has 0 aliphatic carbocycles. The largest absolute Gasteiger partial charge is 0.455 e. The van der Waals surface area contributed by atoms with Gasteiger partial charge in [0.1, 0.15) is 5.69 Å². The quantitative estimate of drug-likeness (QED) is 0.434. The van der Waals surface area contributed by atoms with Gasteiger partial charge in [0.25, 0.3) is 11.6 Å². The van der Waals surface area contributed by atoms with E-state index in [4.69, 9.17) is 16.3 Å². The van der Waals surface area contributed by atoms with Crippen molar-refractivity contribution in [2.45, 2.75) is 19.8 Å². The number of nitrogens with zero attached hydrogens (tertiary/aromatic N) is 1. The molecule has 0 heterocycles. The Hall–Kier alpha value is -2.93. The zero-order valence-corrected chi connectivity index (χ0v) is 15.6. The normalized spacial score (nSPS) is 11.7. The monoisotopic (exact) mass is 390 g/mol. The molecule has 8 heteroatoms. The highest BCUT2D eigenvalue weighted by molar-refractivity contribution is 6.30. The van der Waals surface area contributed by atoms with Crippen LogP contribution < -0.4 is 5.32 Å². The van der Waals surface area contributed by atoms with Crippen molar-refractivity contribution in [3.8, 4) is 0 Å². The van der Waals surface area contributed by atoms with Crippen LogP contribution in [0.1, 0.15) is 25.3 Å². The van der Waals surface area contributed by atoms with Gasteiger partial charge in [0.2, 0.25) is 0 Å². The highest BCUT2D eigenvalue weighted by Crippen LogP contribution is 2.27. The molecule has 0 fully saturated rings. The molecule has 1 N–H and O–H groups in total. The maximum Gasteiger partial charge on any atom is 0.314 e. The van der Waals surface area contributed by atoms with Crippen molar-refractivity contribution in [3.63, 3.8) is 0 Å². The second-order valence-corrected chi connectivity index (χ2v) is 6.64. The summed E-state index contributed by atoms with van der Waals surface area (Å²) >= 11 is 5.87. The van der Waals surface area contributed by atoms with Crippen LogP contribution in [0.15, 0.2) is 48.5 Å². The van der Waals surface area contributed by atoms with E-state index in [2.05, 4.69) is 5.32 Å². The molecule has 0 saturated carbocycles. The Kier molecular flexibility index (Phi) is 6.90. The van der Waals surface area contributed by atoms with Gasteiger partial charge in [0, 0.05) is 11.1 Å². The second-order valence-electron chi connectivity index (χ2n) is 6.20. The molecule has 0 radical (unpaired) electrons. The van der Waals surface area contributed by atoms with Gasteiger partial charge < -0.3 is 10.1 Å². The van der Waals surface area contributed by atoms with Gasteiger partial charge in [-0.2, -0.15) is 0 Å². The van der Waals surface area contributed by atoms with E-state index in [-0.39, 0.29) is 17.3 Å². The molecule has 1 atom stereocenters. The predicted octanol–water partition coefficient (Wildman–Crippen LogP) is 4.17. The van der Waals surface area contributed by atoms with Crippen LogP contribution in [0.4, 0.5) is 11.4 Å². The van der Waals surface area contributed by atoms with Gasteiger partial charge in [-0.15, -0.1) is 0 Å². The van der Waals surface area contributed by atoms with E-state index in [0.717, 1.165) is 5.56 Å². The first kappa shape index (κ1) is 20.4. The molecule has 0 aliphatic rings. The van der Waals surface area contributed by atoms with Gasteiger partial charge in [-0.3, -0.25) is 19.7 Å². The summed E-state index contributed by atoms with van der Waals surface area (Å²) in [6.45, 7) is 3.20. The number of anilines is 1. The van der Waals surface area contributed by atoms with Crippen LogP contribution >= 0.6 is 11.6 Å². The van der Waals surface area contributed by atoms with E-state index >= 15 is 0 Å². The van der Waals surface area contributed by atoms with E-state index in [1.54, 1.807) is 30.3 Å². The van der Waals surface area contributed by atoms with Gasteiger partial charge in [-0.05, 0) is 29.7 Å². The minimum absolute atomic E-state index is 0.0432. The molecule has 7 nitrogen and oxygen atoms in total. The van der Waals surface area contributed by atoms with Crippen molar-refractivity contribution < 1.29 is 19.2 Å². The van der Waals surface area contributed by atoms with E-state index in [9.17, 15) is 19.7 Å². The zero-order valence-electron chi connectivity index (χ0n) is 14.8. The first-order valence-electron chi connectivity index (χ1n) is 8.25. The number of nitro groups is 1.